The van der Waals surface area contributed by atoms with Gasteiger partial charge in [0.15, 0.2) is 5.11 Å². The summed E-state index contributed by atoms with van der Waals surface area (Å²) in [6, 6.07) is 8.20. The number of rotatable bonds is 5. The van der Waals surface area contributed by atoms with Crippen LogP contribution in [0.1, 0.15) is 5.76 Å². The fraction of sp³-hybridized carbons (Fsp3) is 0.105. The number of furan rings is 1. The number of thiocarbonyl (C=S) groups is 1. The van der Waals surface area contributed by atoms with Crippen LogP contribution in [-0.2, 0) is 9.59 Å². The summed E-state index contributed by atoms with van der Waals surface area (Å²) in [5.74, 6) is -1.31. The van der Waals surface area contributed by atoms with Crippen molar-refractivity contribution in [1.82, 2.24) is 10.2 Å². The van der Waals surface area contributed by atoms with Gasteiger partial charge in [0.1, 0.15) is 22.8 Å². The molecule has 0 bridgehead atoms. The molecule has 2 heterocycles. The molecule has 3 rings (SSSR count). The van der Waals surface area contributed by atoms with Gasteiger partial charge < -0.3 is 9.15 Å². The van der Waals surface area contributed by atoms with Crippen LogP contribution in [0.5, 0.6) is 5.75 Å². The van der Waals surface area contributed by atoms with Gasteiger partial charge in [-0.3, -0.25) is 19.8 Å². The second kappa shape index (κ2) is 7.92. The Hall–Kier alpha value is -3.40. The van der Waals surface area contributed by atoms with Crippen LogP contribution in [0.2, 0.25) is 0 Å². The number of carbonyl (C=O) groups is 2. The van der Waals surface area contributed by atoms with E-state index in [1.807, 2.05) is 0 Å². The van der Waals surface area contributed by atoms with E-state index in [-0.39, 0.29) is 28.8 Å². The van der Waals surface area contributed by atoms with Gasteiger partial charge in [-0.25, -0.2) is 0 Å². The quantitative estimate of drug-likeness (QED) is 0.345. The van der Waals surface area contributed by atoms with Crippen LogP contribution in [0.4, 0.5) is 13.2 Å². The molecule has 6 nitrogen and oxygen atoms in total. The molecule has 1 fully saturated rings. The van der Waals surface area contributed by atoms with Crippen LogP contribution >= 0.6 is 12.2 Å². The SMILES string of the molecule is C=CCN1C(=O)/C(=C/c2ccc(-c3cccc(OC(F)(F)F)c3)o2)C(=O)NC1=S. The maximum absolute atomic E-state index is 12.5. The van der Waals surface area contributed by atoms with Crippen molar-refractivity contribution in [2.75, 3.05) is 6.54 Å². The van der Waals surface area contributed by atoms with Crippen molar-refractivity contribution in [2.24, 2.45) is 0 Å². The van der Waals surface area contributed by atoms with E-state index in [0.717, 1.165) is 17.0 Å². The van der Waals surface area contributed by atoms with E-state index in [0.29, 0.717) is 5.56 Å². The summed E-state index contributed by atoms with van der Waals surface area (Å²) < 4.78 is 46.6. The van der Waals surface area contributed by atoms with Gasteiger partial charge in [0.05, 0.1) is 0 Å². The number of alkyl halides is 3. The third-order valence-corrected chi connectivity index (χ3v) is 4.09. The Morgan fingerprint density at radius 2 is 2.00 bits per heavy atom. The molecule has 1 aromatic heterocycles. The molecular formula is C19H13F3N2O4S. The molecular weight excluding hydrogens is 409 g/mol. The Morgan fingerprint density at radius 1 is 1.24 bits per heavy atom. The Kier molecular flexibility index (Phi) is 5.55. The fourth-order valence-electron chi connectivity index (χ4n) is 2.56. The van der Waals surface area contributed by atoms with E-state index in [9.17, 15) is 22.8 Å². The Morgan fingerprint density at radius 3 is 2.69 bits per heavy atom. The molecule has 29 heavy (non-hydrogen) atoms. The molecule has 1 saturated heterocycles. The summed E-state index contributed by atoms with van der Waals surface area (Å²) in [6.07, 6.45) is -2.13. The van der Waals surface area contributed by atoms with Crippen LogP contribution in [-0.4, -0.2) is 34.7 Å². The van der Waals surface area contributed by atoms with Crippen molar-refractivity contribution >= 4 is 35.2 Å². The van der Waals surface area contributed by atoms with Crippen molar-refractivity contribution in [3.05, 3.63) is 60.4 Å². The molecule has 1 N–H and O–H groups in total. The van der Waals surface area contributed by atoms with Gasteiger partial charge in [-0.1, -0.05) is 18.2 Å². The smallest absolute Gasteiger partial charge is 0.457 e. The number of ether oxygens (including phenoxy) is 1. The van der Waals surface area contributed by atoms with Gasteiger partial charge in [-0.2, -0.15) is 0 Å². The standard InChI is InChI=1S/C19H13F3N2O4S/c1-2-8-24-17(26)14(16(25)23-18(24)29)10-12-6-7-15(27-12)11-4-3-5-13(9-11)28-19(20,21)22/h2-7,9-10H,1,8H2,(H,23,25,29)/b14-10+. The molecule has 1 aliphatic heterocycles. The number of carbonyl (C=O) groups excluding carboxylic acids is 2. The third-order valence-electron chi connectivity index (χ3n) is 3.76. The molecule has 150 valence electrons. The highest BCUT2D eigenvalue weighted by Gasteiger charge is 2.33. The molecule has 0 atom stereocenters. The highest BCUT2D eigenvalue weighted by molar-refractivity contribution is 7.80. The first kappa shape index (κ1) is 20.3. The molecule has 0 aliphatic carbocycles. The zero-order chi connectivity index (χ0) is 21.2. The number of nitrogens with zero attached hydrogens (tertiary/aromatic N) is 1. The monoisotopic (exact) mass is 422 g/mol. The number of halogens is 3. The first-order valence-corrected chi connectivity index (χ1v) is 8.54. The summed E-state index contributed by atoms with van der Waals surface area (Å²) >= 11 is 4.96. The summed E-state index contributed by atoms with van der Waals surface area (Å²) in [5.41, 5.74) is 0.126. The molecule has 1 aromatic carbocycles. The predicted molar refractivity (Wildman–Crippen MR) is 101 cm³/mol. The average molecular weight is 422 g/mol. The van der Waals surface area contributed by atoms with Crippen LogP contribution in [0.25, 0.3) is 17.4 Å². The topological polar surface area (TPSA) is 71.8 Å². The van der Waals surface area contributed by atoms with E-state index in [1.165, 1.54) is 36.4 Å². The third kappa shape index (κ3) is 4.72. The maximum Gasteiger partial charge on any atom is 0.573 e. The van der Waals surface area contributed by atoms with E-state index in [2.05, 4.69) is 16.6 Å². The van der Waals surface area contributed by atoms with Gasteiger partial charge in [-0.15, -0.1) is 19.8 Å². The first-order valence-electron chi connectivity index (χ1n) is 8.14. The van der Waals surface area contributed by atoms with Crippen LogP contribution in [0, 0.1) is 0 Å². The fourth-order valence-corrected chi connectivity index (χ4v) is 2.81. The minimum absolute atomic E-state index is 0.0290. The molecule has 0 spiro atoms. The van der Waals surface area contributed by atoms with Crippen molar-refractivity contribution in [1.29, 1.82) is 0 Å². The van der Waals surface area contributed by atoms with Gasteiger partial charge in [0, 0.05) is 12.1 Å². The van der Waals surface area contributed by atoms with E-state index in [4.69, 9.17) is 16.6 Å². The Labute approximate surface area is 168 Å². The minimum Gasteiger partial charge on any atom is -0.457 e. The maximum atomic E-state index is 12.5. The van der Waals surface area contributed by atoms with E-state index >= 15 is 0 Å². The highest BCUT2D eigenvalue weighted by atomic mass is 32.1. The van der Waals surface area contributed by atoms with Crippen LogP contribution in [0.15, 0.2) is 59.0 Å². The van der Waals surface area contributed by atoms with Crippen LogP contribution in [0.3, 0.4) is 0 Å². The van der Waals surface area contributed by atoms with E-state index < -0.39 is 23.9 Å². The van der Waals surface area contributed by atoms with E-state index in [1.54, 1.807) is 0 Å². The highest BCUT2D eigenvalue weighted by Crippen LogP contribution is 2.29. The molecule has 0 unspecified atom stereocenters. The lowest BCUT2D eigenvalue weighted by molar-refractivity contribution is -0.274. The molecule has 0 radical (unpaired) electrons. The van der Waals surface area contributed by atoms with Crippen molar-refractivity contribution in [3.8, 4) is 17.1 Å². The second-order valence-corrected chi connectivity index (χ2v) is 6.19. The number of hydrogen-bond acceptors (Lipinski definition) is 5. The molecule has 2 amide bonds. The second-order valence-electron chi connectivity index (χ2n) is 5.80. The molecule has 2 aromatic rings. The van der Waals surface area contributed by atoms with Crippen LogP contribution < -0.4 is 10.1 Å². The lowest BCUT2D eigenvalue weighted by Crippen LogP contribution is -2.53. The Bertz CT molecular complexity index is 1030. The zero-order valence-corrected chi connectivity index (χ0v) is 15.5. The van der Waals surface area contributed by atoms with Gasteiger partial charge >= 0.3 is 6.36 Å². The van der Waals surface area contributed by atoms with Crippen molar-refractivity contribution in [3.63, 3.8) is 0 Å². The first-order chi connectivity index (χ1) is 13.7. The number of amides is 2. The number of nitrogens with one attached hydrogen (secondary N) is 1. The summed E-state index contributed by atoms with van der Waals surface area (Å²) in [7, 11) is 0. The van der Waals surface area contributed by atoms with Gasteiger partial charge in [0.2, 0.25) is 0 Å². The largest absolute Gasteiger partial charge is 0.573 e. The number of benzene rings is 1. The summed E-state index contributed by atoms with van der Waals surface area (Å²) in [4.78, 5) is 25.8. The molecule has 1 aliphatic rings. The van der Waals surface area contributed by atoms with Gasteiger partial charge in [-0.05, 0) is 42.6 Å². The summed E-state index contributed by atoms with van der Waals surface area (Å²) in [6.45, 7) is 3.65. The minimum atomic E-state index is -4.82. The molecule has 10 heteroatoms. The normalized spacial score (nSPS) is 16.2. The lowest BCUT2D eigenvalue weighted by atomic mass is 10.1. The number of hydrogen-bond donors (Lipinski definition) is 1. The average Bonchev–Trinajstić information content (AvgIpc) is 3.10. The van der Waals surface area contributed by atoms with Crippen molar-refractivity contribution < 1.29 is 31.9 Å². The molecule has 0 saturated carbocycles. The van der Waals surface area contributed by atoms with Crippen molar-refractivity contribution in [2.45, 2.75) is 6.36 Å². The zero-order valence-electron chi connectivity index (χ0n) is 14.7. The van der Waals surface area contributed by atoms with Gasteiger partial charge in [0.25, 0.3) is 11.8 Å². The summed E-state index contributed by atoms with van der Waals surface area (Å²) in [5, 5.41) is 2.37. The Balaban J connectivity index is 1.87. The lowest BCUT2D eigenvalue weighted by Gasteiger charge is -2.27. The predicted octanol–water partition coefficient (Wildman–Crippen LogP) is 3.66.